The number of hydrogen-bond acceptors (Lipinski definition) is 7. The van der Waals surface area contributed by atoms with Gasteiger partial charge in [-0.2, -0.15) is 0 Å². The molecular formula is C27H40N2O7S. The topological polar surface area (TPSA) is 170 Å². The molecule has 0 fully saturated rings. The van der Waals surface area contributed by atoms with Crippen molar-refractivity contribution in [3.8, 4) is 0 Å². The summed E-state index contributed by atoms with van der Waals surface area (Å²) in [7, 11) is 0. The maximum Gasteiger partial charge on any atom is 0.322 e. The Hall–Kier alpha value is -2.92. The molecule has 0 aromatic rings. The van der Waals surface area contributed by atoms with Crippen molar-refractivity contribution in [2.45, 2.75) is 62.5 Å². The third kappa shape index (κ3) is 20.9. The number of amides is 1. The maximum absolute atomic E-state index is 11.9. The van der Waals surface area contributed by atoms with Crippen molar-refractivity contribution in [2.24, 2.45) is 5.73 Å². The second kappa shape index (κ2) is 22.3. The molecular weight excluding hydrogens is 496 g/mol. The average molecular weight is 537 g/mol. The number of carbonyl (C=O) groups excluding carboxylic acids is 1. The SMILES string of the molecule is CCC=CCC(O)C=CC=CC=CC=CC(SCC(N)C(=O)NCC(=O)O)C(O)CC=CCCC(=O)O. The molecule has 0 aromatic carbocycles. The van der Waals surface area contributed by atoms with E-state index in [1.54, 1.807) is 60.8 Å². The van der Waals surface area contributed by atoms with Gasteiger partial charge in [0.2, 0.25) is 5.91 Å². The minimum atomic E-state index is -1.17. The summed E-state index contributed by atoms with van der Waals surface area (Å²) in [6.45, 7) is 1.51. The van der Waals surface area contributed by atoms with Crippen LogP contribution in [0, 0.1) is 0 Å². The molecule has 7 N–H and O–H groups in total. The molecule has 0 saturated carbocycles. The van der Waals surface area contributed by atoms with Crippen LogP contribution in [0.1, 0.15) is 39.0 Å². The zero-order chi connectivity index (χ0) is 27.9. The second-order valence-corrected chi connectivity index (χ2v) is 9.16. The number of nitrogens with two attached hydrogens (primary N) is 1. The predicted molar refractivity (Wildman–Crippen MR) is 148 cm³/mol. The predicted octanol–water partition coefficient (Wildman–Crippen LogP) is 2.73. The van der Waals surface area contributed by atoms with Gasteiger partial charge in [-0.05, 0) is 25.7 Å². The smallest absolute Gasteiger partial charge is 0.322 e. The lowest BCUT2D eigenvalue weighted by atomic mass is 10.1. The number of nitrogens with one attached hydrogen (secondary N) is 1. The van der Waals surface area contributed by atoms with Crippen LogP contribution in [0.3, 0.4) is 0 Å². The van der Waals surface area contributed by atoms with E-state index in [-0.39, 0.29) is 18.6 Å². The van der Waals surface area contributed by atoms with Gasteiger partial charge in [0.05, 0.1) is 18.2 Å². The zero-order valence-electron chi connectivity index (χ0n) is 21.2. The minimum absolute atomic E-state index is 0.00729. The number of carboxylic acids is 2. The number of aliphatic hydroxyl groups is 2. The van der Waals surface area contributed by atoms with Crippen molar-refractivity contribution in [2.75, 3.05) is 12.3 Å². The number of hydrogen-bond donors (Lipinski definition) is 6. The van der Waals surface area contributed by atoms with Gasteiger partial charge in [0.15, 0.2) is 0 Å². The first-order chi connectivity index (χ1) is 17.7. The van der Waals surface area contributed by atoms with E-state index < -0.39 is 47.9 Å². The van der Waals surface area contributed by atoms with Crippen LogP contribution in [0.15, 0.2) is 72.9 Å². The summed E-state index contributed by atoms with van der Waals surface area (Å²) in [6, 6.07) is -0.948. The van der Waals surface area contributed by atoms with Crippen molar-refractivity contribution in [1.29, 1.82) is 0 Å². The molecule has 0 saturated heterocycles. The zero-order valence-corrected chi connectivity index (χ0v) is 22.0. The van der Waals surface area contributed by atoms with E-state index in [0.717, 1.165) is 6.42 Å². The molecule has 206 valence electrons. The summed E-state index contributed by atoms with van der Waals surface area (Å²) in [5.74, 6) is -2.50. The first-order valence-electron chi connectivity index (χ1n) is 12.1. The largest absolute Gasteiger partial charge is 0.481 e. The standard InChI is InChI=1S/C27H40N2O7S/c1-2-3-9-14-21(30)15-10-6-4-5-7-12-17-24(23(31)16-11-8-13-18-25(32)33)37-20-22(28)27(36)29-19-26(34)35/h3-12,15,17,21-24,30-31H,2,13-14,16,18-20,28H2,1H3,(H,29,36)(H,32,33)(H,34,35). The summed E-state index contributed by atoms with van der Waals surface area (Å²) in [5, 5.41) is 39.6. The molecule has 0 rings (SSSR count). The van der Waals surface area contributed by atoms with E-state index in [1.165, 1.54) is 11.8 Å². The van der Waals surface area contributed by atoms with Crippen molar-refractivity contribution in [3.63, 3.8) is 0 Å². The molecule has 4 atom stereocenters. The van der Waals surface area contributed by atoms with Crippen LogP contribution in [0.5, 0.6) is 0 Å². The number of rotatable bonds is 20. The van der Waals surface area contributed by atoms with E-state index in [9.17, 15) is 24.6 Å². The maximum atomic E-state index is 11.9. The fourth-order valence-corrected chi connectivity index (χ4v) is 3.79. The Morgan fingerprint density at radius 1 is 0.865 bits per heavy atom. The highest BCUT2D eigenvalue weighted by Crippen LogP contribution is 2.20. The van der Waals surface area contributed by atoms with Gasteiger partial charge in [0.1, 0.15) is 6.54 Å². The van der Waals surface area contributed by atoms with Crippen LogP contribution < -0.4 is 11.1 Å². The summed E-state index contributed by atoms with van der Waals surface area (Å²) < 4.78 is 0. The van der Waals surface area contributed by atoms with Crippen LogP contribution in [-0.4, -0.2) is 74.1 Å². The number of aliphatic hydroxyl groups excluding tert-OH is 2. The Labute approximate surface area is 223 Å². The molecule has 0 heterocycles. The Morgan fingerprint density at radius 2 is 1.49 bits per heavy atom. The van der Waals surface area contributed by atoms with Gasteiger partial charge in [-0.3, -0.25) is 14.4 Å². The molecule has 37 heavy (non-hydrogen) atoms. The van der Waals surface area contributed by atoms with E-state index >= 15 is 0 Å². The van der Waals surface area contributed by atoms with Crippen LogP contribution in [0.25, 0.3) is 0 Å². The van der Waals surface area contributed by atoms with Gasteiger partial charge >= 0.3 is 11.9 Å². The highest BCUT2D eigenvalue weighted by Gasteiger charge is 2.20. The van der Waals surface area contributed by atoms with Crippen LogP contribution in [-0.2, 0) is 14.4 Å². The van der Waals surface area contributed by atoms with Gasteiger partial charge in [0.25, 0.3) is 0 Å². The third-order valence-corrected chi connectivity index (χ3v) is 6.04. The Kier molecular flexibility index (Phi) is 20.5. The van der Waals surface area contributed by atoms with E-state index in [0.29, 0.717) is 12.8 Å². The molecule has 0 radical (unpaired) electrons. The molecule has 0 aliphatic rings. The fraction of sp³-hybridized carbons (Fsp3) is 0.444. The Balaban J connectivity index is 4.95. The van der Waals surface area contributed by atoms with Crippen LogP contribution >= 0.6 is 11.8 Å². The van der Waals surface area contributed by atoms with Gasteiger partial charge < -0.3 is 31.5 Å². The minimum Gasteiger partial charge on any atom is -0.481 e. The summed E-state index contributed by atoms with van der Waals surface area (Å²) >= 11 is 1.26. The van der Waals surface area contributed by atoms with Crippen molar-refractivity contribution < 1.29 is 34.8 Å². The Bertz CT molecular complexity index is 850. The second-order valence-electron chi connectivity index (χ2n) is 7.95. The van der Waals surface area contributed by atoms with E-state index in [1.807, 2.05) is 19.1 Å². The molecule has 0 aromatic heterocycles. The summed E-state index contributed by atoms with van der Waals surface area (Å²) in [5.41, 5.74) is 5.85. The highest BCUT2D eigenvalue weighted by atomic mass is 32.2. The molecule has 0 spiro atoms. The number of aliphatic carboxylic acids is 2. The molecule has 0 bridgehead atoms. The first-order valence-corrected chi connectivity index (χ1v) is 13.1. The summed E-state index contributed by atoms with van der Waals surface area (Å²) in [4.78, 5) is 33.1. The van der Waals surface area contributed by atoms with Crippen molar-refractivity contribution in [3.05, 3.63) is 72.9 Å². The van der Waals surface area contributed by atoms with Crippen molar-refractivity contribution in [1.82, 2.24) is 5.32 Å². The Morgan fingerprint density at radius 3 is 2.11 bits per heavy atom. The number of carbonyl (C=O) groups is 3. The van der Waals surface area contributed by atoms with E-state index in [2.05, 4.69) is 5.32 Å². The van der Waals surface area contributed by atoms with Crippen LogP contribution in [0.2, 0.25) is 0 Å². The van der Waals surface area contributed by atoms with Gasteiger partial charge in [-0.15, -0.1) is 11.8 Å². The van der Waals surface area contributed by atoms with Gasteiger partial charge in [0, 0.05) is 17.4 Å². The molecule has 10 heteroatoms. The molecule has 0 aliphatic carbocycles. The molecule has 0 aliphatic heterocycles. The van der Waals surface area contributed by atoms with Crippen LogP contribution in [0.4, 0.5) is 0 Å². The number of carboxylic acid groups (broad SMARTS) is 2. The molecule has 1 amide bonds. The van der Waals surface area contributed by atoms with E-state index in [4.69, 9.17) is 15.9 Å². The lowest BCUT2D eigenvalue weighted by Crippen LogP contribution is -2.44. The molecule has 9 nitrogen and oxygen atoms in total. The van der Waals surface area contributed by atoms with Gasteiger partial charge in [-0.25, -0.2) is 0 Å². The number of allylic oxidation sites excluding steroid dienone is 8. The summed E-state index contributed by atoms with van der Waals surface area (Å²) in [6.07, 6.45) is 22.3. The van der Waals surface area contributed by atoms with Crippen molar-refractivity contribution >= 4 is 29.6 Å². The number of thioether (sulfide) groups is 1. The third-order valence-electron chi connectivity index (χ3n) is 4.64. The average Bonchev–Trinajstić information content (AvgIpc) is 2.85. The lowest BCUT2D eigenvalue weighted by molar-refractivity contribution is -0.138. The first kappa shape index (κ1) is 34.1. The molecule has 4 unspecified atom stereocenters. The van der Waals surface area contributed by atoms with Gasteiger partial charge in [-0.1, -0.05) is 79.8 Å². The normalized spacial score (nSPS) is 15.9. The fourth-order valence-electron chi connectivity index (χ4n) is 2.68. The monoisotopic (exact) mass is 536 g/mol. The lowest BCUT2D eigenvalue weighted by Gasteiger charge is -2.20. The highest BCUT2D eigenvalue weighted by molar-refractivity contribution is 8.00. The quantitative estimate of drug-likeness (QED) is 0.101.